The summed E-state index contributed by atoms with van der Waals surface area (Å²) < 4.78 is 5.30. The quantitative estimate of drug-likeness (QED) is 0.551. The zero-order valence-corrected chi connectivity index (χ0v) is 18.5. The smallest absolute Gasteiger partial charge is 0.255 e. The van der Waals surface area contributed by atoms with Crippen molar-refractivity contribution < 1.29 is 9.32 Å². The van der Waals surface area contributed by atoms with E-state index in [9.17, 15) is 4.79 Å². The van der Waals surface area contributed by atoms with Crippen LogP contribution in [-0.4, -0.2) is 42.1 Å². The summed E-state index contributed by atoms with van der Waals surface area (Å²) in [5.41, 5.74) is 5.54. The molecule has 2 heterocycles. The van der Waals surface area contributed by atoms with Crippen molar-refractivity contribution in [2.75, 3.05) is 31.1 Å². The molecule has 1 aliphatic rings. The largest absolute Gasteiger partial charge is 0.368 e. The third-order valence-corrected chi connectivity index (χ3v) is 6.74. The molecule has 0 saturated carbocycles. The van der Waals surface area contributed by atoms with Gasteiger partial charge in [-0.05, 0) is 50.1 Å². The van der Waals surface area contributed by atoms with Crippen molar-refractivity contribution in [3.63, 3.8) is 0 Å². The zero-order valence-electron chi connectivity index (χ0n) is 17.7. The minimum absolute atomic E-state index is 0.104. The Bertz CT molecular complexity index is 1040. The number of carbonyl (C=O) groups excluding carboxylic acids is 1. The van der Waals surface area contributed by atoms with E-state index < -0.39 is 0 Å². The van der Waals surface area contributed by atoms with E-state index in [1.165, 1.54) is 16.8 Å². The van der Waals surface area contributed by atoms with Gasteiger partial charge in [-0.1, -0.05) is 29.4 Å². The third kappa shape index (κ3) is 4.38. The van der Waals surface area contributed by atoms with Crippen molar-refractivity contribution in [3.05, 3.63) is 76.7 Å². The zero-order chi connectivity index (χ0) is 21.1. The molecule has 0 aliphatic carbocycles. The van der Waals surface area contributed by atoms with Gasteiger partial charge in [0.2, 0.25) is 0 Å². The first kappa shape index (κ1) is 20.5. The monoisotopic (exact) mass is 421 g/mol. The van der Waals surface area contributed by atoms with Crippen molar-refractivity contribution >= 4 is 23.4 Å². The number of rotatable bonds is 5. The van der Waals surface area contributed by atoms with Crippen LogP contribution in [0.5, 0.6) is 0 Å². The first-order valence-electron chi connectivity index (χ1n) is 10.3. The number of nitrogens with zero attached hydrogens (tertiary/aromatic N) is 3. The maximum atomic E-state index is 13.3. The lowest BCUT2D eigenvalue weighted by Crippen LogP contribution is -2.49. The average Bonchev–Trinajstić information content (AvgIpc) is 3.19. The number of amides is 1. The van der Waals surface area contributed by atoms with Gasteiger partial charge in [-0.2, -0.15) is 0 Å². The molecule has 1 fully saturated rings. The van der Waals surface area contributed by atoms with Gasteiger partial charge in [0.15, 0.2) is 0 Å². The molecule has 1 saturated heterocycles. The highest BCUT2D eigenvalue weighted by Crippen LogP contribution is 2.29. The third-order valence-electron chi connectivity index (χ3n) is 5.65. The van der Waals surface area contributed by atoms with E-state index in [-0.39, 0.29) is 5.91 Å². The van der Waals surface area contributed by atoms with Gasteiger partial charge in [0.1, 0.15) is 5.76 Å². The van der Waals surface area contributed by atoms with Crippen LogP contribution in [0, 0.1) is 20.8 Å². The van der Waals surface area contributed by atoms with Gasteiger partial charge < -0.3 is 14.3 Å². The number of aromatic nitrogens is 1. The second-order valence-electron chi connectivity index (χ2n) is 7.72. The summed E-state index contributed by atoms with van der Waals surface area (Å²) in [5.74, 6) is 1.58. The molecule has 156 valence electrons. The highest BCUT2D eigenvalue weighted by molar-refractivity contribution is 7.98. The molecule has 0 atom stereocenters. The Morgan fingerprint density at radius 1 is 1.03 bits per heavy atom. The molecular formula is C24H27N3O2S. The topological polar surface area (TPSA) is 49.6 Å². The standard InChI is InChI=1S/C24H27N3O2S/c1-17-7-6-9-22(19(17)3)26-11-13-27(14-12-26)24(28)21-8-4-5-10-23(21)30-16-20-15-18(2)25-29-20/h4-10,15H,11-14,16H2,1-3H3. The fraction of sp³-hybridized carbons (Fsp3) is 0.333. The SMILES string of the molecule is Cc1cc(CSc2ccccc2C(=O)N2CCN(c3cccc(C)c3C)CC2)on1. The van der Waals surface area contributed by atoms with E-state index >= 15 is 0 Å². The molecule has 5 nitrogen and oxygen atoms in total. The fourth-order valence-corrected chi connectivity index (χ4v) is 4.72. The minimum atomic E-state index is 0.104. The van der Waals surface area contributed by atoms with Crippen LogP contribution in [0.25, 0.3) is 0 Å². The molecule has 0 unspecified atom stereocenters. The van der Waals surface area contributed by atoms with Crippen LogP contribution in [0.4, 0.5) is 5.69 Å². The van der Waals surface area contributed by atoms with E-state index in [4.69, 9.17) is 4.52 Å². The number of piperazine rings is 1. The number of hydrogen-bond donors (Lipinski definition) is 0. The first-order chi connectivity index (χ1) is 14.5. The predicted octanol–water partition coefficient (Wildman–Crippen LogP) is 4.85. The summed E-state index contributed by atoms with van der Waals surface area (Å²) >= 11 is 1.62. The van der Waals surface area contributed by atoms with Gasteiger partial charge in [0.05, 0.1) is 17.0 Å². The minimum Gasteiger partial charge on any atom is -0.368 e. The van der Waals surface area contributed by atoms with E-state index in [2.05, 4.69) is 42.1 Å². The Kier molecular flexibility index (Phi) is 6.13. The summed E-state index contributed by atoms with van der Waals surface area (Å²) in [6, 6.07) is 16.2. The van der Waals surface area contributed by atoms with Gasteiger partial charge >= 0.3 is 0 Å². The van der Waals surface area contributed by atoms with Crippen LogP contribution in [-0.2, 0) is 5.75 Å². The summed E-state index contributed by atoms with van der Waals surface area (Å²) in [6.45, 7) is 9.39. The molecule has 4 rings (SSSR count). The van der Waals surface area contributed by atoms with Crippen molar-refractivity contribution in [2.24, 2.45) is 0 Å². The summed E-state index contributed by atoms with van der Waals surface area (Å²) in [7, 11) is 0. The number of carbonyl (C=O) groups is 1. The summed E-state index contributed by atoms with van der Waals surface area (Å²) in [5, 5.41) is 3.94. The van der Waals surface area contributed by atoms with Crippen molar-refractivity contribution in [1.82, 2.24) is 10.1 Å². The van der Waals surface area contributed by atoms with Gasteiger partial charge in [-0.25, -0.2) is 0 Å². The van der Waals surface area contributed by atoms with Gasteiger partial charge in [0, 0.05) is 42.8 Å². The molecule has 0 spiro atoms. The van der Waals surface area contributed by atoms with Crippen LogP contribution >= 0.6 is 11.8 Å². The molecule has 0 N–H and O–H groups in total. The Hall–Kier alpha value is -2.73. The highest BCUT2D eigenvalue weighted by Gasteiger charge is 2.24. The van der Waals surface area contributed by atoms with Gasteiger partial charge in [-0.15, -0.1) is 11.8 Å². The second-order valence-corrected chi connectivity index (χ2v) is 8.73. The molecule has 6 heteroatoms. The van der Waals surface area contributed by atoms with Crippen molar-refractivity contribution in [2.45, 2.75) is 31.4 Å². The molecule has 1 aromatic heterocycles. The molecule has 30 heavy (non-hydrogen) atoms. The number of anilines is 1. The summed E-state index contributed by atoms with van der Waals surface area (Å²) in [6.07, 6.45) is 0. The van der Waals surface area contributed by atoms with E-state index in [1.807, 2.05) is 42.2 Å². The lowest BCUT2D eigenvalue weighted by Gasteiger charge is -2.37. The van der Waals surface area contributed by atoms with Crippen LogP contribution in [0.3, 0.4) is 0 Å². The average molecular weight is 422 g/mol. The Morgan fingerprint density at radius 2 is 1.80 bits per heavy atom. The lowest BCUT2D eigenvalue weighted by molar-refractivity contribution is 0.0743. The summed E-state index contributed by atoms with van der Waals surface area (Å²) in [4.78, 5) is 18.6. The number of benzene rings is 2. The molecule has 1 aliphatic heterocycles. The molecule has 2 aromatic carbocycles. The van der Waals surface area contributed by atoms with Crippen LogP contribution < -0.4 is 4.90 Å². The maximum Gasteiger partial charge on any atom is 0.255 e. The predicted molar refractivity (Wildman–Crippen MR) is 121 cm³/mol. The maximum absolute atomic E-state index is 13.3. The number of hydrogen-bond acceptors (Lipinski definition) is 5. The molecular weight excluding hydrogens is 394 g/mol. The number of thioether (sulfide) groups is 1. The van der Waals surface area contributed by atoms with E-state index in [1.54, 1.807) is 11.8 Å². The Balaban J connectivity index is 1.42. The Labute approximate surface area is 182 Å². The molecule has 0 radical (unpaired) electrons. The molecule has 3 aromatic rings. The lowest BCUT2D eigenvalue weighted by atomic mass is 10.1. The van der Waals surface area contributed by atoms with Crippen LogP contribution in [0.15, 0.2) is 57.9 Å². The molecule has 0 bridgehead atoms. The Morgan fingerprint density at radius 3 is 2.53 bits per heavy atom. The van der Waals surface area contributed by atoms with E-state index in [0.29, 0.717) is 5.75 Å². The highest BCUT2D eigenvalue weighted by atomic mass is 32.2. The van der Waals surface area contributed by atoms with Gasteiger partial charge in [0.25, 0.3) is 5.91 Å². The van der Waals surface area contributed by atoms with Crippen molar-refractivity contribution in [3.8, 4) is 0 Å². The van der Waals surface area contributed by atoms with Gasteiger partial charge in [-0.3, -0.25) is 4.79 Å². The fourth-order valence-electron chi connectivity index (χ4n) is 3.80. The van der Waals surface area contributed by atoms with Crippen LogP contribution in [0.2, 0.25) is 0 Å². The van der Waals surface area contributed by atoms with Crippen LogP contribution in [0.1, 0.15) is 32.9 Å². The number of aryl methyl sites for hydroxylation is 2. The first-order valence-corrected chi connectivity index (χ1v) is 11.3. The second kappa shape index (κ2) is 8.96. The normalized spacial score (nSPS) is 14.2. The van der Waals surface area contributed by atoms with E-state index in [0.717, 1.165) is 48.1 Å². The van der Waals surface area contributed by atoms with Crippen molar-refractivity contribution in [1.29, 1.82) is 0 Å². The molecule has 1 amide bonds.